The minimum atomic E-state index is -0.333. The minimum absolute atomic E-state index is 0.127. The molecule has 0 saturated heterocycles. The molecular formula is C16H15NO4. The fourth-order valence-corrected chi connectivity index (χ4v) is 1.75. The minimum Gasteiger partial charge on any atom is -0.495 e. The Morgan fingerprint density at radius 3 is 2.62 bits per heavy atom. The van der Waals surface area contributed by atoms with Crippen LogP contribution < -0.4 is 14.8 Å². The smallest absolute Gasteiger partial charge is 0.262 e. The van der Waals surface area contributed by atoms with Gasteiger partial charge in [0.1, 0.15) is 17.8 Å². The predicted octanol–water partition coefficient (Wildman–Crippen LogP) is 2.53. The standard InChI is InChI=1S/C16H15NO4/c1-20-15-8-7-12(10-18)9-14(15)17-16(19)11-21-13-5-3-2-4-6-13/h2-10H,11H2,1H3,(H,17,19). The molecule has 1 amide bonds. The van der Waals surface area contributed by atoms with E-state index < -0.39 is 0 Å². The number of hydrogen-bond donors (Lipinski definition) is 1. The number of carbonyl (C=O) groups excluding carboxylic acids is 2. The molecule has 2 aromatic carbocycles. The van der Waals surface area contributed by atoms with E-state index in [9.17, 15) is 9.59 Å². The first kappa shape index (κ1) is 14.6. The molecule has 0 fully saturated rings. The average Bonchev–Trinajstić information content (AvgIpc) is 2.54. The topological polar surface area (TPSA) is 64.6 Å². The fraction of sp³-hybridized carbons (Fsp3) is 0.125. The number of aldehydes is 1. The Balaban J connectivity index is 2.00. The van der Waals surface area contributed by atoms with E-state index in [1.54, 1.807) is 30.3 Å². The van der Waals surface area contributed by atoms with Crippen LogP contribution in [0.15, 0.2) is 48.5 Å². The number of ether oxygens (including phenoxy) is 2. The fourth-order valence-electron chi connectivity index (χ4n) is 1.75. The second-order valence-corrected chi connectivity index (χ2v) is 4.23. The highest BCUT2D eigenvalue weighted by Gasteiger charge is 2.09. The summed E-state index contributed by atoms with van der Waals surface area (Å²) in [4.78, 5) is 22.7. The SMILES string of the molecule is COc1ccc(C=O)cc1NC(=O)COc1ccccc1. The highest BCUT2D eigenvalue weighted by Crippen LogP contribution is 2.24. The summed E-state index contributed by atoms with van der Waals surface area (Å²) in [5, 5.41) is 2.66. The van der Waals surface area contributed by atoms with Gasteiger partial charge in [0.15, 0.2) is 6.61 Å². The average molecular weight is 285 g/mol. The molecule has 0 saturated carbocycles. The Hall–Kier alpha value is -2.82. The molecule has 0 spiro atoms. The zero-order chi connectivity index (χ0) is 15.1. The molecule has 2 rings (SSSR count). The molecule has 0 aliphatic rings. The molecule has 5 heteroatoms. The normalized spacial score (nSPS) is 9.76. The van der Waals surface area contributed by atoms with Gasteiger partial charge in [-0.15, -0.1) is 0 Å². The van der Waals surface area contributed by atoms with Gasteiger partial charge in [-0.1, -0.05) is 18.2 Å². The summed E-state index contributed by atoms with van der Waals surface area (Å²) in [7, 11) is 1.49. The maximum atomic E-state index is 11.9. The van der Waals surface area contributed by atoms with Crippen molar-refractivity contribution >= 4 is 17.9 Å². The van der Waals surface area contributed by atoms with Crippen LogP contribution in [0.25, 0.3) is 0 Å². The zero-order valence-corrected chi connectivity index (χ0v) is 11.5. The zero-order valence-electron chi connectivity index (χ0n) is 11.5. The van der Waals surface area contributed by atoms with Gasteiger partial charge in [0.2, 0.25) is 0 Å². The van der Waals surface area contributed by atoms with Crippen LogP contribution in [-0.4, -0.2) is 25.9 Å². The summed E-state index contributed by atoms with van der Waals surface area (Å²) < 4.78 is 10.5. The monoisotopic (exact) mass is 285 g/mol. The first-order valence-electron chi connectivity index (χ1n) is 6.34. The molecular weight excluding hydrogens is 270 g/mol. The maximum Gasteiger partial charge on any atom is 0.262 e. The van der Waals surface area contributed by atoms with Gasteiger partial charge in [0.25, 0.3) is 5.91 Å². The summed E-state index contributed by atoms with van der Waals surface area (Å²) in [6.45, 7) is -0.127. The van der Waals surface area contributed by atoms with E-state index >= 15 is 0 Å². The van der Waals surface area contributed by atoms with Crippen molar-refractivity contribution in [3.63, 3.8) is 0 Å². The molecule has 0 radical (unpaired) electrons. The largest absolute Gasteiger partial charge is 0.495 e. The van der Waals surface area contributed by atoms with Crippen LogP contribution in [0.4, 0.5) is 5.69 Å². The van der Waals surface area contributed by atoms with Crippen molar-refractivity contribution in [3.8, 4) is 11.5 Å². The molecule has 0 aromatic heterocycles. The van der Waals surface area contributed by atoms with E-state index in [4.69, 9.17) is 9.47 Å². The lowest BCUT2D eigenvalue weighted by Gasteiger charge is -2.11. The summed E-state index contributed by atoms with van der Waals surface area (Å²) in [6, 6.07) is 13.8. The van der Waals surface area contributed by atoms with Crippen LogP contribution in [0.2, 0.25) is 0 Å². The first-order chi connectivity index (χ1) is 10.2. The molecule has 0 aliphatic carbocycles. The lowest BCUT2D eigenvalue weighted by Crippen LogP contribution is -2.20. The second-order valence-electron chi connectivity index (χ2n) is 4.23. The number of anilines is 1. The van der Waals surface area contributed by atoms with Crippen molar-refractivity contribution in [1.29, 1.82) is 0 Å². The second kappa shape index (κ2) is 7.09. The van der Waals surface area contributed by atoms with Gasteiger partial charge in [-0.05, 0) is 30.3 Å². The van der Waals surface area contributed by atoms with Crippen molar-refractivity contribution < 1.29 is 19.1 Å². The molecule has 0 aliphatic heterocycles. The Kier molecular flexibility index (Phi) is 4.93. The first-order valence-corrected chi connectivity index (χ1v) is 6.34. The molecule has 0 heterocycles. The maximum absolute atomic E-state index is 11.9. The van der Waals surface area contributed by atoms with Crippen LogP contribution in [0.1, 0.15) is 10.4 Å². The Morgan fingerprint density at radius 2 is 1.95 bits per heavy atom. The molecule has 5 nitrogen and oxygen atoms in total. The van der Waals surface area contributed by atoms with Crippen molar-refractivity contribution in [2.24, 2.45) is 0 Å². The van der Waals surface area contributed by atoms with Gasteiger partial charge in [-0.3, -0.25) is 9.59 Å². The number of para-hydroxylation sites is 1. The Bertz CT molecular complexity index is 625. The van der Waals surface area contributed by atoms with E-state index in [1.165, 1.54) is 7.11 Å². The molecule has 108 valence electrons. The Morgan fingerprint density at radius 1 is 1.19 bits per heavy atom. The van der Waals surface area contributed by atoms with Crippen molar-refractivity contribution in [1.82, 2.24) is 0 Å². The lowest BCUT2D eigenvalue weighted by atomic mass is 10.2. The molecule has 1 N–H and O–H groups in total. The van der Waals surface area contributed by atoms with Crippen molar-refractivity contribution in [3.05, 3.63) is 54.1 Å². The highest BCUT2D eigenvalue weighted by atomic mass is 16.5. The van der Waals surface area contributed by atoms with Crippen LogP contribution >= 0.6 is 0 Å². The van der Waals surface area contributed by atoms with Gasteiger partial charge in [-0.2, -0.15) is 0 Å². The van der Waals surface area contributed by atoms with Gasteiger partial charge < -0.3 is 14.8 Å². The third kappa shape index (κ3) is 4.07. The van der Waals surface area contributed by atoms with Crippen molar-refractivity contribution in [2.45, 2.75) is 0 Å². The summed E-state index contributed by atoms with van der Waals surface area (Å²) >= 11 is 0. The molecule has 0 unspecified atom stereocenters. The number of nitrogens with one attached hydrogen (secondary N) is 1. The van der Waals surface area contributed by atoms with Gasteiger partial charge >= 0.3 is 0 Å². The van der Waals surface area contributed by atoms with E-state index in [0.29, 0.717) is 29.0 Å². The molecule has 0 bridgehead atoms. The Labute approximate surface area is 122 Å². The number of amides is 1. The number of benzene rings is 2. The van der Waals surface area contributed by atoms with Gasteiger partial charge in [0, 0.05) is 5.56 Å². The van der Waals surface area contributed by atoms with E-state index in [1.807, 2.05) is 18.2 Å². The lowest BCUT2D eigenvalue weighted by molar-refractivity contribution is -0.118. The van der Waals surface area contributed by atoms with Gasteiger partial charge in [-0.25, -0.2) is 0 Å². The van der Waals surface area contributed by atoms with E-state index in [-0.39, 0.29) is 12.5 Å². The molecule has 21 heavy (non-hydrogen) atoms. The number of hydrogen-bond acceptors (Lipinski definition) is 4. The van der Waals surface area contributed by atoms with E-state index in [2.05, 4.69) is 5.32 Å². The molecule has 2 aromatic rings. The van der Waals surface area contributed by atoms with E-state index in [0.717, 1.165) is 0 Å². The third-order valence-electron chi connectivity index (χ3n) is 2.75. The van der Waals surface area contributed by atoms with Crippen molar-refractivity contribution in [2.75, 3.05) is 19.0 Å². The number of rotatable bonds is 6. The predicted molar refractivity (Wildman–Crippen MR) is 78.9 cm³/mol. The summed E-state index contributed by atoms with van der Waals surface area (Å²) in [6.07, 6.45) is 0.704. The van der Waals surface area contributed by atoms with Crippen LogP contribution in [0.3, 0.4) is 0 Å². The van der Waals surface area contributed by atoms with Crippen LogP contribution in [0.5, 0.6) is 11.5 Å². The molecule has 0 atom stereocenters. The quantitative estimate of drug-likeness (QED) is 0.828. The number of carbonyl (C=O) groups is 2. The highest BCUT2D eigenvalue weighted by molar-refractivity contribution is 5.94. The van der Waals surface area contributed by atoms with Crippen LogP contribution in [-0.2, 0) is 4.79 Å². The van der Waals surface area contributed by atoms with Crippen LogP contribution in [0, 0.1) is 0 Å². The number of methoxy groups -OCH3 is 1. The third-order valence-corrected chi connectivity index (χ3v) is 2.75. The summed E-state index contributed by atoms with van der Waals surface area (Å²) in [5.41, 5.74) is 0.888. The van der Waals surface area contributed by atoms with Gasteiger partial charge in [0.05, 0.1) is 12.8 Å². The summed E-state index contributed by atoms with van der Waals surface area (Å²) in [5.74, 6) is 0.759.